The Morgan fingerprint density at radius 1 is 1.32 bits per heavy atom. The Hall–Kier alpha value is -2.56. The fourth-order valence-electron chi connectivity index (χ4n) is 2.82. The lowest BCUT2D eigenvalue weighted by Crippen LogP contribution is -2.27. The van der Waals surface area contributed by atoms with Gasteiger partial charge in [0.05, 0.1) is 5.56 Å². The van der Waals surface area contributed by atoms with Gasteiger partial charge in [-0.05, 0) is 29.9 Å². The molecule has 1 aliphatic carbocycles. The van der Waals surface area contributed by atoms with Gasteiger partial charge in [-0.2, -0.15) is 0 Å². The van der Waals surface area contributed by atoms with Crippen LogP contribution in [0.1, 0.15) is 38.7 Å². The van der Waals surface area contributed by atoms with E-state index in [4.69, 9.17) is 5.73 Å². The van der Waals surface area contributed by atoms with Gasteiger partial charge < -0.3 is 15.6 Å². The Bertz CT molecular complexity index is 706. The highest BCUT2D eigenvalue weighted by atomic mass is 16.2. The molecule has 0 unspecified atom stereocenters. The molecular formula is C17H19N3O2. The van der Waals surface area contributed by atoms with Crippen molar-refractivity contribution in [3.8, 4) is 0 Å². The summed E-state index contributed by atoms with van der Waals surface area (Å²) in [5.74, 6) is 0.327. The highest BCUT2D eigenvalue weighted by molar-refractivity contribution is 5.98. The minimum Gasteiger partial charge on any atom is -0.366 e. The smallest absolute Gasteiger partial charge is 0.267 e. The number of carbonyl (C=O) groups excluding carboxylic acids is 2. The van der Waals surface area contributed by atoms with Crippen molar-refractivity contribution < 1.29 is 9.59 Å². The largest absolute Gasteiger partial charge is 0.366 e. The topological polar surface area (TPSA) is 77.1 Å². The van der Waals surface area contributed by atoms with Crippen LogP contribution in [-0.4, -0.2) is 22.9 Å². The number of hydrogen-bond donors (Lipinski definition) is 2. The molecule has 1 heterocycles. The molecule has 0 aliphatic heterocycles. The molecule has 1 aliphatic rings. The van der Waals surface area contributed by atoms with Gasteiger partial charge in [0.2, 0.25) is 5.91 Å². The molecule has 1 saturated carbocycles. The zero-order valence-corrected chi connectivity index (χ0v) is 12.5. The van der Waals surface area contributed by atoms with E-state index in [9.17, 15) is 9.59 Å². The van der Waals surface area contributed by atoms with Crippen LogP contribution in [0.15, 0.2) is 42.6 Å². The molecule has 114 valence electrons. The summed E-state index contributed by atoms with van der Waals surface area (Å²) in [6.07, 6.45) is 2.67. The zero-order valence-electron chi connectivity index (χ0n) is 12.5. The fourth-order valence-corrected chi connectivity index (χ4v) is 2.82. The molecule has 0 bridgehead atoms. The predicted octanol–water partition coefficient (Wildman–Crippen LogP) is 1.66. The molecule has 2 amide bonds. The van der Waals surface area contributed by atoms with Crippen molar-refractivity contribution >= 4 is 11.8 Å². The molecule has 5 nitrogen and oxygen atoms in total. The summed E-state index contributed by atoms with van der Waals surface area (Å²) in [6, 6.07) is 11.9. The van der Waals surface area contributed by atoms with Gasteiger partial charge in [-0.15, -0.1) is 0 Å². The number of nitrogens with two attached hydrogens (primary N) is 1. The Morgan fingerprint density at radius 2 is 2.05 bits per heavy atom. The van der Waals surface area contributed by atoms with Crippen LogP contribution in [0.4, 0.5) is 0 Å². The van der Waals surface area contributed by atoms with E-state index < -0.39 is 5.91 Å². The SMILES string of the molecule is Cn1cc(C(N)=O)cc1C(=O)NC[C@@H]1C[C@H]1c1ccccc1. The maximum Gasteiger partial charge on any atom is 0.267 e. The van der Waals surface area contributed by atoms with Gasteiger partial charge in [0.1, 0.15) is 5.69 Å². The summed E-state index contributed by atoms with van der Waals surface area (Å²) in [6.45, 7) is 0.648. The first-order valence-electron chi connectivity index (χ1n) is 7.35. The van der Waals surface area contributed by atoms with Crippen LogP contribution in [0.2, 0.25) is 0 Å². The van der Waals surface area contributed by atoms with Gasteiger partial charge in [0.25, 0.3) is 5.91 Å². The lowest BCUT2D eigenvalue weighted by atomic mass is 10.1. The van der Waals surface area contributed by atoms with Crippen molar-refractivity contribution in [3.63, 3.8) is 0 Å². The number of aryl methyl sites for hydroxylation is 1. The van der Waals surface area contributed by atoms with Crippen molar-refractivity contribution in [2.75, 3.05) is 6.54 Å². The molecule has 3 rings (SSSR count). The number of nitrogens with one attached hydrogen (secondary N) is 1. The van der Waals surface area contributed by atoms with Crippen LogP contribution < -0.4 is 11.1 Å². The van der Waals surface area contributed by atoms with E-state index in [0.717, 1.165) is 6.42 Å². The first-order valence-corrected chi connectivity index (χ1v) is 7.35. The number of hydrogen-bond acceptors (Lipinski definition) is 2. The van der Waals surface area contributed by atoms with Gasteiger partial charge in [-0.1, -0.05) is 30.3 Å². The van der Waals surface area contributed by atoms with E-state index in [1.165, 1.54) is 11.6 Å². The van der Waals surface area contributed by atoms with Crippen LogP contribution in [-0.2, 0) is 7.05 Å². The number of nitrogens with zero attached hydrogens (tertiary/aromatic N) is 1. The van der Waals surface area contributed by atoms with Crippen LogP contribution in [0.5, 0.6) is 0 Å². The Balaban J connectivity index is 1.57. The Kier molecular flexibility index (Phi) is 3.71. The van der Waals surface area contributed by atoms with E-state index >= 15 is 0 Å². The lowest BCUT2D eigenvalue weighted by molar-refractivity contribution is 0.0943. The standard InChI is InChI=1S/C17H19N3O2/c1-20-10-13(16(18)21)8-15(20)17(22)19-9-12-7-14(12)11-5-3-2-4-6-11/h2-6,8,10,12,14H,7,9H2,1H3,(H2,18,21)(H,19,22)/t12-,14-/m0/s1. The molecule has 1 fully saturated rings. The van der Waals surface area contributed by atoms with Crippen molar-refractivity contribution in [2.24, 2.45) is 18.7 Å². The highest BCUT2D eigenvalue weighted by Gasteiger charge is 2.38. The van der Waals surface area contributed by atoms with Crippen molar-refractivity contribution in [1.82, 2.24) is 9.88 Å². The first kappa shape index (κ1) is 14.4. The molecule has 2 aromatic rings. The summed E-state index contributed by atoms with van der Waals surface area (Å²) in [5.41, 5.74) is 7.36. The van der Waals surface area contributed by atoms with E-state index in [-0.39, 0.29) is 5.91 Å². The maximum absolute atomic E-state index is 12.2. The number of primary amides is 1. The van der Waals surface area contributed by atoms with Crippen LogP contribution in [0.3, 0.4) is 0 Å². The number of amides is 2. The maximum atomic E-state index is 12.2. The fraction of sp³-hybridized carbons (Fsp3) is 0.294. The minimum atomic E-state index is -0.527. The van der Waals surface area contributed by atoms with E-state index in [2.05, 4.69) is 17.4 Å². The molecular weight excluding hydrogens is 278 g/mol. The summed E-state index contributed by atoms with van der Waals surface area (Å²) >= 11 is 0. The minimum absolute atomic E-state index is 0.172. The second-order valence-electron chi connectivity index (χ2n) is 5.81. The number of aromatic nitrogens is 1. The predicted molar refractivity (Wildman–Crippen MR) is 83.6 cm³/mol. The molecule has 22 heavy (non-hydrogen) atoms. The van der Waals surface area contributed by atoms with Crippen LogP contribution >= 0.6 is 0 Å². The van der Waals surface area contributed by atoms with Crippen molar-refractivity contribution in [1.29, 1.82) is 0 Å². The van der Waals surface area contributed by atoms with Crippen LogP contribution in [0.25, 0.3) is 0 Å². The van der Waals surface area contributed by atoms with Crippen LogP contribution in [0, 0.1) is 5.92 Å². The highest BCUT2D eigenvalue weighted by Crippen LogP contribution is 2.46. The average Bonchev–Trinajstić information content (AvgIpc) is 3.19. The normalized spacial score (nSPS) is 19.7. The second-order valence-corrected chi connectivity index (χ2v) is 5.81. The molecule has 5 heteroatoms. The monoisotopic (exact) mass is 297 g/mol. The van der Waals surface area contributed by atoms with Gasteiger partial charge in [-0.3, -0.25) is 9.59 Å². The Labute approximate surface area is 129 Å². The van der Waals surface area contributed by atoms with E-state index in [1.807, 2.05) is 18.2 Å². The summed E-state index contributed by atoms with van der Waals surface area (Å²) in [7, 11) is 1.73. The quantitative estimate of drug-likeness (QED) is 0.880. The van der Waals surface area contributed by atoms with Gasteiger partial charge in [0.15, 0.2) is 0 Å². The molecule has 0 radical (unpaired) electrons. The molecule has 2 atom stereocenters. The van der Waals surface area contributed by atoms with E-state index in [1.54, 1.807) is 17.8 Å². The third-order valence-electron chi connectivity index (χ3n) is 4.20. The molecule has 3 N–H and O–H groups in total. The number of rotatable bonds is 5. The second kappa shape index (κ2) is 5.67. The lowest BCUT2D eigenvalue weighted by Gasteiger charge is -2.06. The van der Waals surface area contributed by atoms with Gasteiger partial charge in [-0.25, -0.2) is 0 Å². The third kappa shape index (κ3) is 2.88. The first-order chi connectivity index (χ1) is 10.6. The summed E-state index contributed by atoms with van der Waals surface area (Å²) < 4.78 is 1.62. The molecule has 0 saturated heterocycles. The Morgan fingerprint density at radius 3 is 2.68 bits per heavy atom. The molecule has 0 spiro atoms. The molecule has 1 aromatic heterocycles. The zero-order chi connectivity index (χ0) is 15.7. The summed E-state index contributed by atoms with van der Waals surface area (Å²) in [4.78, 5) is 23.3. The number of carbonyl (C=O) groups is 2. The van der Waals surface area contributed by atoms with Crippen molar-refractivity contribution in [3.05, 3.63) is 59.4 Å². The summed E-state index contributed by atoms with van der Waals surface area (Å²) in [5, 5.41) is 2.94. The van der Waals surface area contributed by atoms with Gasteiger partial charge in [0, 0.05) is 19.8 Å². The third-order valence-corrected chi connectivity index (χ3v) is 4.20. The molecule has 1 aromatic carbocycles. The van der Waals surface area contributed by atoms with Crippen molar-refractivity contribution in [2.45, 2.75) is 12.3 Å². The van der Waals surface area contributed by atoms with E-state index in [0.29, 0.717) is 29.6 Å². The van der Waals surface area contributed by atoms with Gasteiger partial charge >= 0.3 is 0 Å². The number of benzene rings is 1. The average molecular weight is 297 g/mol.